The quantitative estimate of drug-likeness (QED) is 0.236. The minimum atomic E-state index is -0.528. The molecule has 2 heterocycles. The lowest BCUT2D eigenvalue weighted by Gasteiger charge is -2.12. The molecule has 0 bridgehead atoms. The number of fused-ring (bicyclic) bond motifs is 1. The lowest BCUT2D eigenvalue weighted by Crippen LogP contribution is -2.36. The first-order valence-corrected chi connectivity index (χ1v) is 13.8. The number of benzene rings is 3. The summed E-state index contributed by atoms with van der Waals surface area (Å²) in [7, 11) is 0. The average molecular weight is 620 g/mol. The van der Waals surface area contributed by atoms with Crippen LogP contribution in [0, 0.1) is 18.3 Å². The largest absolute Gasteiger partial charge is 0.340 e. The molecule has 7 nitrogen and oxygen atoms in total. The molecule has 0 atom stereocenters. The van der Waals surface area contributed by atoms with Gasteiger partial charge in [0.25, 0.3) is 11.1 Å². The van der Waals surface area contributed by atoms with Crippen LogP contribution in [0.5, 0.6) is 0 Å². The minimum Gasteiger partial charge on any atom is -0.340 e. The summed E-state index contributed by atoms with van der Waals surface area (Å²) in [6, 6.07) is 22.4. The van der Waals surface area contributed by atoms with Gasteiger partial charge in [0.05, 0.1) is 21.6 Å². The Morgan fingerprint density at radius 3 is 2.64 bits per heavy atom. The van der Waals surface area contributed by atoms with E-state index in [4.69, 9.17) is 11.6 Å². The van der Waals surface area contributed by atoms with Gasteiger partial charge in [0, 0.05) is 38.9 Å². The lowest BCUT2D eigenvalue weighted by atomic mass is 10.1. The smallest absolute Gasteiger partial charge is 0.294 e. The van der Waals surface area contributed by atoms with E-state index in [1.165, 1.54) is 0 Å². The number of hydrogen-bond acceptors (Lipinski definition) is 5. The van der Waals surface area contributed by atoms with Crippen LogP contribution >= 0.6 is 39.3 Å². The summed E-state index contributed by atoms with van der Waals surface area (Å²) in [6.07, 6.45) is 1.71. The van der Waals surface area contributed by atoms with Crippen LogP contribution in [0.3, 0.4) is 0 Å². The van der Waals surface area contributed by atoms with Gasteiger partial charge in [-0.2, -0.15) is 5.26 Å². The Hall–Kier alpha value is -3.84. The van der Waals surface area contributed by atoms with Crippen LogP contribution in [0.4, 0.5) is 10.5 Å². The second-order valence-electron chi connectivity index (χ2n) is 8.82. The summed E-state index contributed by atoms with van der Waals surface area (Å²) in [4.78, 5) is 39.7. The first-order chi connectivity index (χ1) is 18.8. The van der Waals surface area contributed by atoms with E-state index in [9.17, 15) is 19.6 Å². The van der Waals surface area contributed by atoms with Crippen molar-refractivity contribution in [2.75, 3.05) is 11.9 Å². The van der Waals surface area contributed by atoms with E-state index in [2.05, 4.69) is 31.9 Å². The molecule has 5 rings (SSSR count). The highest BCUT2D eigenvalue weighted by Crippen LogP contribution is 2.36. The monoisotopic (exact) mass is 618 g/mol. The van der Waals surface area contributed by atoms with Gasteiger partial charge in [-0.25, -0.2) is 0 Å². The predicted molar refractivity (Wildman–Crippen MR) is 157 cm³/mol. The molecular weight excluding hydrogens is 600 g/mol. The van der Waals surface area contributed by atoms with Crippen molar-refractivity contribution in [3.63, 3.8) is 0 Å². The number of nitrogens with zero attached hydrogens (tertiary/aromatic N) is 3. The molecule has 39 heavy (non-hydrogen) atoms. The van der Waals surface area contributed by atoms with Crippen LogP contribution in [-0.2, 0) is 16.1 Å². The van der Waals surface area contributed by atoms with Crippen LogP contribution in [0.1, 0.15) is 22.4 Å². The number of rotatable bonds is 6. The van der Waals surface area contributed by atoms with Crippen molar-refractivity contribution < 1.29 is 14.4 Å². The van der Waals surface area contributed by atoms with E-state index >= 15 is 0 Å². The summed E-state index contributed by atoms with van der Waals surface area (Å²) >= 11 is 10.2. The number of nitrogens with one attached hydrogen (secondary N) is 1. The van der Waals surface area contributed by atoms with Crippen LogP contribution in [-0.4, -0.2) is 33.1 Å². The molecule has 0 unspecified atom stereocenters. The zero-order valence-corrected chi connectivity index (χ0v) is 23.7. The predicted octanol–water partition coefficient (Wildman–Crippen LogP) is 6.96. The van der Waals surface area contributed by atoms with Crippen LogP contribution < -0.4 is 5.32 Å². The number of nitriles is 1. The van der Waals surface area contributed by atoms with Gasteiger partial charge in [-0.1, -0.05) is 48.0 Å². The van der Waals surface area contributed by atoms with Gasteiger partial charge < -0.3 is 9.88 Å². The second kappa shape index (κ2) is 11.1. The first kappa shape index (κ1) is 26.8. The zero-order chi connectivity index (χ0) is 27.7. The van der Waals surface area contributed by atoms with Crippen molar-refractivity contribution in [1.82, 2.24) is 9.47 Å². The maximum atomic E-state index is 13.2. The van der Waals surface area contributed by atoms with Crippen molar-refractivity contribution in [2.24, 2.45) is 0 Å². The number of imide groups is 1. The van der Waals surface area contributed by atoms with Gasteiger partial charge in [-0.15, -0.1) is 0 Å². The molecule has 0 spiro atoms. The molecule has 1 fully saturated rings. The maximum Gasteiger partial charge on any atom is 0.294 e. The number of aromatic nitrogens is 1. The Labute approximate surface area is 242 Å². The van der Waals surface area contributed by atoms with Gasteiger partial charge in [-0.3, -0.25) is 19.3 Å². The summed E-state index contributed by atoms with van der Waals surface area (Å²) in [5.74, 6) is -1.04. The first-order valence-electron chi connectivity index (χ1n) is 11.8. The van der Waals surface area contributed by atoms with Crippen molar-refractivity contribution >= 4 is 79.0 Å². The molecule has 194 valence electrons. The van der Waals surface area contributed by atoms with Gasteiger partial charge >= 0.3 is 0 Å². The number of carbonyl (C=O) groups is 3. The van der Waals surface area contributed by atoms with Gasteiger partial charge in [0.2, 0.25) is 5.91 Å². The molecule has 1 saturated heterocycles. The van der Waals surface area contributed by atoms with Gasteiger partial charge in [0.15, 0.2) is 0 Å². The highest BCUT2D eigenvalue weighted by Gasteiger charge is 2.36. The van der Waals surface area contributed by atoms with E-state index in [1.54, 1.807) is 30.3 Å². The van der Waals surface area contributed by atoms with Crippen LogP contribution in [0.2, 0.25) is 5.02 Å². The van der Waals surface area contributed by atoms with E-state index < -0.39 is 23.6 Å². The molecule has 1 N–H and O–H groups in total. The molecule has 3 aromatic carbocycles. The number of thioether (sulfide) groups is 1. The van der Waals surface area contributed by atoms with Crippen LogP contribution in [0.25, 0.3) is 17.0 Å². The van der Waals surface area contributed by atoms with Crippen molar-refractivity contribution in [2.45, 2.75) is 13.5 Å². The number of carbonyl (C=O) groups excluding carboxylic acids is 3. The Morgan fingerprint density at radius 1 is 1.13 bits per heavy atom. The molecule has 0 aliphatic carbocycles. The third-order valence-corrected chi connectivity index (χ3v) is 8.54. The number of para-hydroxylation sites is 1. The van der Waals surface area contributed by atoms with Crippen LogP contribution in [0.15, 0.2) is 76.1 Å². The van der Waals surface area contributed by atoms with E-state index in [0.29, 0.717) is 27.3 Å². The summed E-state index contributed by atoms with van der Waals surface area (Å²) in [5, 5.41) is 13.0. The van der Waals surface area contributed by atoms with E-state index in [-0.39, 0.29) is 4.91 Å². The molecule has 4 aromatic rings. The van der Waals surface area contributed by atoms with Crippen molar-refractivity contribution in [3.8, 4) is 6.07 Å². The standard InChI is InChI=1S/C29H20BrClN4O3S/c1-17-22(21-8-4-5-9-25(21)34(17)15-19-7-3-2-6-18(19)14-32)13-26-28(37)35(29(38)39-26)16-27(36)33-20-10-11-23(30)24(31)12-20/h2-13H,15-16H2,1H3,(H,33,36)/b26-13-. The number of anilines is 1. The Balaban J connectivity index is 1.42. The summed E-state index contributed by atoms with van der Waals surface area (Å²) < 4.78 is 2.78. The third-order valence-electron chi connectivity index (χ3n) is 6.40. The molecule has 3 amide bonds. The fraction of sp³-hybridized carbons (Fsp3) is 0.103. The highest BCUT2D eigenvalue weighted by atomic mass is 79.9. The van der Waals surface area contributed by atoms with Crippen molar-refractivity contribution in [3.05, 3.63) is 104 Å². The normalized spacial score (nSPS) is 14.3. The molecule has 1 aliphatic heterocycles. The molecule has 10 heteroatoms. The topological polar surface area (TPSA) is 95.2 Å². The molecule has 0 radical (unpaired) electrons. The second-order valence-corrected chi connectivity index (χ2v) is 11.1. The molecule has 1 aromatic heterocycles. The zero-order valence-electron chi connectivity index (χ0n) is 20.6. The molecule has 1 aliphatic rings. The Kier molecular flexibility index (Phi) is 7.62. The Bertz CT molecular complexity index is 1740. The van der Waals surface area contributed by atoms with Crippen molar-refractivity contribution in [1.29, 1.82) is 5.26 Å². The highest BCUT2D eigenvalue weighted by molar-refractivity contribution is 9.10. The maximum absolute atomic E-state index is 13.2. The fourth-order valence-electron chi connectivity index (χ4n) is 4.47. The number of amides is 3. The number of halogens is 2. The third kappa shape index (κ3) is 5.36. The number of hydrogen-bond donors (Lipinski definition) is 1. The van der Waals surface area contributed by atoms with Gasteiger partial charge in [-0.05, 0) is 76.6 Å². The summed E-state index contributed by atoms with van der Waals surface area (Å²) in [6.45, 7) is 2.01. The lowest BCUT2D eigenvalue weighted by molar-refractivity contribution is -0.127. The minimum absolute atomic E-state index is 0.239. The fourth-order valence-corrected chi connectivity index (χ4v) is 5.71. The molecule has 0 saturated carbocycles. The SMILES string of the molecule is Cc1c(/C=C2\SC(=O)N(CC(=O)Nc3ccc(Br)c(Cl)c3)C2=O)c2ccccc2n1Cc1ccccc1C#N. The van der Waals surface area contributed by atoms with E-state index in [1.807, 2.05) is 49.4 Å². The van der Waals surface area contributed by atoms with E-state index in [0.717, 1.165) is 44.4 Å². The molecular formula is C29H20BrClN4O3S. The van der Waals surface area contributed by atoms with Gasteiger partial charge in [0.1, 0.15) is 6.54 Å². The summed E-state index contributed by atoms with van der Waals surface area (Å²) in [5.41, 5.74) is 4.58. The Morgan fingerprint density at radius 2 is 1.87 bits per heavy atom. The average Bonchev–Trinajstić information content (AvgIpc) is 3.34.